The van der Waals surface area contributed by atoms with E-state index in [1.54, 1.807) is 13.0 Å². The summed E-state index contributed by atoms with van der Waals surface area (Å²) in [6.45, 7) is 1.19. The number of aryl methyl sites for hydroxylation is 1. The van der Waals surface area contributed by atoms with Gasteiger partial charge in [0.15, 0.2) is 0 Å². The first-order valence-corrected chi connectivity index (χ1v) is 6.76. The van der Waals surface area contributed by atoms with Gasteiger partial charge >= 0.3 is 6.18 Å². The fourth-order valence-electron chi connectivity index (χ4n) is 2.16. The van der Waals surface area contributed by atoms with Crippen molar-refractivity contribution in [2.45, 2.75) is 19.7 Å². The Bertz CT molecular complexity index is 699. The first-order chi connectivity index (χ1) is 10.7. The lowest BCUT2D eigenvalue weighted by atomic mass is 10.1. The monoisotopic (exact) mass is 328 g/mol. The second-order valence-electron chi connectivity index (χ2n) is 5.13. The smallest absolute Gasteiger partial charge is 0.419 e. The molecule has 0 radical (unpaired) electrons. The zero-order chi connectivity index (χ0) is 17.2. The zero-order valence-corrected chi connectivity index (χ0v) is 12.6. The quantitative estimate of drug-likeness (QED) is 0.523. The molecule has 0 aliphatic rings. The van der Waals surface area contributed by atoms with E-state index in [2.05, 4.69) is 0 Å². The van der Waals surface area contributed by atoms with Crippen LogP contribution in [0.3, 0.4) is 0 Å². The average molecular weight is 328 g/mol. The molecule has 0 fully saturated rings. The number of alkyl halides is 3. The fraction of sp³-hybridized carbons (Fsp3) is 0.250. The number of benzene rings is 2. The van der Waals surface area contributed by atoms with Gasteiger partial charge in [0.1, 0.15) is 18.2 Å². The predicted molar refractivity (Wildman–Crippen MR) is 79.5 cm³/mol. The number of anilines is 1. The molecule has 2 rings (SSSR count). The summed E-state index contributed by atoms with van der Waals surface area (Å²) in [4.78, 5) is 0. The van der Waals surface area contributed by atoms with Gasteiger partial charge in [-0.2, -0.15) is 13.2 Å². The van der Waals surface area contributed by atoms with Crippen molar-refractivity contribution in [1.29, 1.82) is 0 Å². The highest BCUT2D eigenvalue weighted by Crippen LogP contribution is 2.37. The van der Waals surface area contributed by atoms with Crippen LogP contribution in [0.25, 0.3) is 0 Å². The van der Waals surface area contributed by atoms with E-state index in [0.29, 0.717) is 11.3 Å². The van der Waals surface area contributed by atoms with Gasteiger partial charge in [0.25, 0.3) is 0 Å². The molecule has 7 heteroatoms. The van der Waals surface area contributed by atoms with Gasteiger partial charge in [-0.05, 0) is 31.2 Å². The lowest BCUT2D eigenvalue weighted by Crippen LogP contribution is -2.27. The van der Waals surface area contributed by atoms with Crippen molar-refractivity contribution in [3.63, 3.8) is 0 Å². The van der Waals surface area contributed by atoms with E-state index in [9.17, 15) is 17.6 Å². The molecule has 0 unspecified atom stereocenters. The molecular weight excluding hydrogens is 312 g/mol. The SMILES string of the molecule is Cc1ccc(OCc2c(F)cccc2N(C)N)c(C(F)(F)F)c1. The Balaban J connectivity index is 2.33. The topological polar surface area (TPSA) is 38.5 Å². The highest BCUT2D eigenvalue weighted by atomic mass is 19.4. The van der Waals surface area contributed by atoms with Crippen LogP contribution in [-0.4, -0.2) is 7.05 Å². The molecule has 0 heterocycles. The number of rotatable bonds is 4. The summed E-state index contributed by atoms with van der Waals surface area (Å²) in [6, 6.07) is 7.94. The van der Waals surface area contributed by atoms with Crippen molar-refractivity contribution < 1.29 is 22.3 Å². The summed E-state index contributed by atoms with van der Waals surface area (Å²) in [7, 11) is 1.51. The highest BCUT2D eigenvalue weighted by molar-refractivity contribution is 5.52. The van der Waals surface area contributed by atoms with Gasteiger partial charge in [-0.3, -0.25) is 0 Å². The Morgan fingerprint density at radius 3 is 2.48 bits per heavy atom. The molecule has 0 amide bonds. The third kappa shape index (κ3) is 3.92. The van der Waals surface area contributed by atoms with Gasteiger partial charge in [0.05, 0.1) is 11.3 Å². The maximum Gasteiger partial charge on any atom is 0.419 e. The minimum Gasteiger partial charge on any atom is -0.488 e. The number of nitrogens with zero attached hydrogens (tertiary/aromatic N) is 1. The summed E-state index contributed by atoms with van der Waals surface area (Å²) >= 11 is 0. The van der Waals surface area contributed by atoms with E-state index in [-0.39, 0.29) is 17.9 Å². The molecule has 0 bridgehead atoms. The number of ether oxygens (including phenoxy) is 1. The molecule has 0 aromatic heterocycles. The van der Waals surface area contributed by atoms with E-state index in [1.165, 1.54) is 36.3 Å². The number of hydrogen-bond donors (Lipinski definition) is 1. The fourth-order valence-corrected chi connectivity index (χ4v) is 2.16. The standard InChI is InChI=1S/C16H16F4N2O/c1-10-6-7-15(12(8-10)16(18,19)20)23-9-11-13(17)4-3-5-14(11)22(2)21/h3-8H,9,21H2,1-2H3. The molecule has 0 saturated heterocycles. The minimum atomic E-state index is -4.55. The van der Waals surface area contributed by atoms with E-state index < -0.39 is 17.6 Å². The number of hydrazine groups is 1. The van der Waals surface area contributed by atoms with Crippen LogP contribution in [0, 0.1) is 12.7 Å². The molecule has 3 nitrogen and oxygen atoms in total. The molecule has 0 saturated carbocycles. The molecular formula is C16H16F4N2O. The van der Waals surface area contributed by atoms with Crippen molar-refractivity contribution in [2.75, 3.05) is 12.1 Å². The summed E-state index contributed by atoms with van der Waals surface area (Å²) in [5, 5.41) is 1.18. The summed E-state index contributed by atoms with van der Waals surface area (Å²) in [6.07, 6.45) is -4.55. The predicted octanol–water partition coefficient (Wildman–Crippen LogP) is 4.04. The van der Waals surface area contributed by atoms with Crippen molar-refractivity contribution in [3.8, 4) is 5.75 Å². The Labute approximate surface area is 131 Å². The van der Waals surface area contributed by atoms with Crippen LogP contribution >= 0.6 is 0 Å². The summed E-state index contributed by atoms with van der Waals surface area (Å²) < 4.78 is 58.3. The second kappa shape index (κ2) is 6.45. The molecule has 124 valence electrons. The Morgan fingerprint density at radius 1 is 1.17 bits per heavy atom. The molecule has 0 aliphatic carbocycles. The minimum absolute atomic E-state index is 0.0891. The summed E-state index contributed by atoms with van der Waals surface area (Å²) in [5.74, 6) is 4.66. The van der Waals surface area contributed by atoms with Crippen LogP contribution in [0.2, 0.25) is 0 Å². The third-order valence-corrected chi connectivity index (χ3v) is 3.29. The first kappa shape index (κ1) is 17.1. The molecule has 2 aromatic rings. The summed E-state index contributed by atoms with van der Waals surface area (Å²) in [5.41, 5.74) is -0.00805. The maximum atomic E-state index is 13.9. The highest BCUT2D eigenvalue weighted by Gasteiger charge is 2.34. The normalized spacial score (nSPS) is 11.4. The molecule has 0 spiro atoms. The first-order valence-electron chi connectivity index (χ1n) is 6.76. The second-order valence-corrected chi connectivity index (χ2v) is 5.13. The largest absolute Gasteiger partial charge is 0.488 e. The lowest BCUT2D eigenvalue weighted by Gasteiger charge is -2.19. The Hall–Kier alpha value is -2.28. The molecule has 0 atom stereocenters. The lowest BCUT2D eigenvalue weighted by molar-refractivity contribution is -0.139. The average Bonchev–Trinajstić information content (AvgIpc) is 2.45. The van der Waals surface area contributed by atoms with Crippen LogP contribution in [0.1, 0.15) is 16.7 Å². The Morgan fingerprint density at radius 2 is 1.87 bits per heavy atom. The van der Waals surface area contributed by atoms with Gasteiger partial charge < -0.3 is 9.75 Å². The van der Waals surface area contributed by atoms with Crippen LogP contribution < -0.4 is 15.6 Å². The van der Waals surface area contributed by atoms with E-state index in [0.717, 1.165) is 6.07 Å². The van der Waals surface area contributed by atoms with Gasteiger partial charge in [0, 0.05) is 12.6 Å². The van der Waals surface area contributed by atoms with Gasteiger partial charge in [-0.1, -0.05) is 17.7 Å². The molecule has 2 N–H and O–H groups in total. The van der Waals surface area contributed by atoms with Crippen molar-refractivity contribution in [2.24, 2.45) is 5.84 Å². The molecule has 0 aliphatic heterocycles. The van der Waals surface area contributed by atoms with Crippen molar-refractivity contribution in [3.05, 3.63) is 58.9 Å². The van der Waals surface area contributed by atoms with E-state index >= 15 is 0 Å². The number of hydrogen-bond acceptors (Lipinski definition) is 3. The molecule has 2 aromatic carbocycles. The third-order valence-electron chi connectivity index (χ3n) is 3.29. The Kier molecular flexibility index (Phi) is 4.79. The van der Waals surface area contributed by atoms with Crippen molar-refractivity contribution in [1.82, 2.24) is 0 Å². The number of nitrogens with two attached hydrogens (primary N) is 1. The number of halogens is 4. The van der Waals surface area contributed by atoms with Crippen LogP contribution in [0.15, 0.2) is 36.4 Å². The van der Waals surface area contributed by atoms with E-state index in [1.807, 2.05) is 0 Å². The molecule has 23 heavy (non-hydrogen) atoms. The van der Waals surface area contributed by atoms with Gasteiger partial charge in [0.2, 0.25) is 0 Å². The van der Waals surface area contributed by atoms with Crippen LogP contribution in [0.4, 0.5) is 23.2 Å². The van der Waals surface area contributed by atoms with E-state index in [4.69, 9.17) is 10.6 Å². The van der Waals surface area contributed by atoms with Crippen LogP contribution in [0.5, 0.6) is 5.75 Å². The van der Waals surface area contributed by atoms with Gasteiger partial charge in [-0.25, -0.2) is 10.2 Å². The van der Waals surface area contributed by atoms with Crippen LogP contribution in [-0.2, 0) is 12.8 Å². The van der Waals surface area contributed by atoms with Gasteiger partial charge in [-0.15, -0.1) is 0 Å². The maximum absolute atomic E-state index is 13.9. The van der Waals surface area contributed by atoms with Crippen molar-refractivity contribution >= 4 is 5.69 Å². The zero-order valence-electron chi connectivity index (χ0n) is 12.6.